The summed E-state index contributed by atoms with van der Waals surface area (Å²) in [7, 11) is 1.58. The minimum atomic E-state index is -0.314. The normalized spacial score (nSPS) is 12.2. The van der Waals surface area contributed by atoms with Crippen LogP contribution in [0.2, 0.25) is 5.02 Å². The molecule has 0 aliphatic carbocycles. The molecular formula is C15H12BrCl2FO. The molecule has 0 radical (unpaired) electrons. The molecule has 2 aromatic carbocycles. The van der Waals surface area contributed by atoms with Crippen molar-refractivity contribution < 1.29 is 9.13 Å². The molecule has 106 valence electrons. The van der Waals surface area contributed by atoms with E-state index in [1.165, 1.54) is 12.1 Å². The summed E-state index contributed by atoms with van der Waals surface area (Å²) >= 11 is 15.9. The van der Waals surface area contributed by atoms with E-state index < -0.39 is 0 Å². The summed E-state index contributed by atoms with van der Waals surface area (Å²) in [6.45, 7) is 0. The second-order valence-corrected chi connectivity index (χ2v) is 6.13. The molecule has 0 aromatic heterocycles. The first-order valence-corrected chi connectivity index (χ1v) is 7.53. The van der Waals surface area contributed by atoms with Crippen molar-refractivity contribution >= 4 is 39.1 Å². The zero-order valence-electron chi connectivity index (χ0n) is 10.7. The highest BCUT2D eigenvalue weighted by Gasteiger charge is 2.17. The van der Waals surface area contributed by atoms with E-state index in [0.717, 1.165) is 15.6 Å². The molecule has 0 N–H and O–H groups in total. The Morgan fingerprint density at radius 1 is 1.25 bits per heavy atom. The first kappa shape index (κ1) is 15.6. The number of methoxy groups -OCH3 is 1. The first-order valence-electron chi connectivity index (χ1n) is 5.92. The third-order valence-electron chi connectivity index (χ3n) is 2.91. The van der Waals surface area contributed by atoms with Crippen molar-refractivity contribution in [3.63, 3.8) is 0 Å². The van der Waals surface area contributed by atoms with E-state index in [0.29, 0.717) is 17.2 Å². The summed E-state index contributed by atoms with van der Waals surface area (Å²) < 4.78 is 19.0. The van der Waals surface area contributed by atoms with Crippen LogP contribution in [0.15, 0.2) is 40.9 Å². The molecule has 0 heterocycles. The lowest BCUT2D eigenvalue weighted by Crippen LogP contribution is -2.00. The Balaban J connectivity index is 2.28. The third kappa shape index (κ3) is 3.66. The second-order valence-electron chi connectivity index (χ2n) is 4.31. The predicted molar refractivity (Wildman–Crippen MR) is 84.4 cm³/mol. The maximum atomic E-state index is 12.9. The van der Waals surface area contributed by atoms with Gasteiger partial charge in [0.25, 0.3) is 0 Å². The maximum absolute atomic E-state index is 12.9. The summed E-state index contributed by atoms with van der Waals surface area (Å²) in [4.78, 5) is 0. The van der Waals surface area contributed by atoms with Gasteiger partial charge in [0.1, 0.15) is 11.6 Å². The highest BCUT2D eigenvalue weighted by Crippen LogP contribution is 2.39. The van der Waals surface area contributed by atoms with Crippen LogP contribution in [0.1, 0.15) is 16.5 Å². The molecule has 0 aliphatic heterocycles. The Kier molecular flexibility index (Phi) is 5.30. The second kappa shape index (κ2) is 6.79. The number of benzene rings is 2. The van der Waals surface area contributed by atoms with Gasteiger partial charge in [0.2, 0.25) is 0 Å². The number of hydrogen-bond acceptors (Lipinski definition) is 1. The van der Waals surface area contributed by atoms with E-state index in [1.807, 2.05) is 0 Å². The Bertz CT molecular complexity index is 602. The van der Waals surface area contributed by atoms with Crippen LogP contribution in [0.25, 0.3) is 0 Å². The summed E-state index contributed by atoms with van der Waals surface area (Å²) in [6.07, 6.45) is 0.560. The number of ether oxygens (including phenoxy) is 1. The van der Waals surface area contributed by atoms with Gasteiger partial charge in [-0.05, 0) is 52.2 Å². The maximum Gasteiger partial charge on any atom is 0.137 e. The fraction of sp³-hybridized carbons (Fsp3) is 0.200. The van der Waals surface area contributed by atoms with E-state index >= 15 is 0 Å². The van der Waals surface area contributed by atoms with Gasteiger partial charge in [0, 0.05) is 10.6 Å². The zero-order chi connectivity index (χ0) is 14.7. The minimum Gasteiger partial charge on any atom is -0.495 e. The molecule has 0 fully saturated rings. The molecule has 0 spiro atoms. The van der Waals surface area contributed by atoms with E-state index in [1.54, 1.807) is 31.4 Å². The van der Waals surface area contributed by atoms with Gasteiger partial charge in [-0.1, -0.05) is 23.7 Å². The van der Waals surface area contributed by atoms with Crippen LogP contribution in [0.5, 0.6) is 5.75 Å². The predicted octanol–water partition coefficient (Wildman–Crippen LogP) is 5.77. The summed E-state index contributed by atoms with van der Waals surface area (Å²) in [5.41, 5.74) is 1.75. The molecule has 0 saturated heterocycles. The SMILES string of the molecule is COc1c(Br)cc(Cl)cc1C(Cl)Cc1ccc(F)cc1. The largest absolute Gasteiger partial charge is 0.495 e. The molecule has 0 bridgehead atoms. The van der Waals surface area contributed by atoms with Crippen LogP contribution in [0.4, 0.5) is 4.39 Å². The Morgan fingerprint density at radius 3 is 2.50 bits per heavy atom. The molecule has 0 saturated carbocycles. The van der Waals surface area contributed by atoms with Crippen molar-refractivity contribution in [1.82, 2.24) is 0 Å². The lowest BCUT2D eigenvalue weighted by molar-refractivity contribution is 0.406. The van der Waals surface area contributed by atoms with Gasteiger partial charge in [0.05, 0.1) is 17.0 Å². The van der Waals surface area contributed by atoms with Gasteiger partial charge in [-0.3, -0.25) is 0 Å². The van der Waals surface area contributed by atoms with Crippen LogP contribution in [0, 0.1) is 5.82 Å². The van der Waals surface area contributed by atoms with Crippen molar-refractivity contribution in [3.8, 4) is 5.75 Å². The molecule has 2 rings (SSSR count). The number of halogens is 4. The number of hydrogen-bond donors (Lipinski definition) is 0. The zero-order valence-corrected chi connectivity index (χ0v) is 13.8. The lowest BCUT2D eigenvalue weighted by Gasteiger charge is -2.16. The fourth-order valence-corrected chi connectivity index (χ4v) is 3.30. The average Bonchev–Trinajstić information content (AvgIpc) is 2.40. The van der Waals surface area contributed by atoms with Gasteiger partial charge in [0.15, 0.2) is 0 Å². The van der Waals surface area contributed by atoms with Crippen molar-refractivity contribution in [2.75, 3.05) is 7.11 Å². The molecule has 20 heavy (non-hydrogen) atoms. The topological polar surface area (TPSA) is 9.23 Å². The molecule has 1 atom stereocenters. The van der Waals surface area contributed by atoms with Crippen molar-refractivity contribution in [3.05, 3.63) is 62.8 Å². The van der Waals surface area contributed by atoms with E-state index in [2.05, 4.69) is 15.9 Å². The summed E-state index contributed by atoms with van der Waals surface area (Å²) in [5, 5.41) is 0.267. The number of rotatable bonds is 4. The average molecular weight is 378 g/mol. The van der Waals surface area contributed by atoms with E-state index in [4.69, 9.17) is 27.9 Å². The standard InChI is InChI=1S/C15H12BrCl2FO/c1-20-15-12(7-10(17)8-13(15)16)14(18)6-9-2-4-11(19)5-3-9/h2-5,7-8,14H,6H2,1H3. The Morgan fingerprint density at radius 2 is 1.90 bits per heavy atom. The van der Waals surface area contributed by atoms with Crippen molar-refractivity contribution in [2.45, 2.75) is 11.8 Å². The van der Waals surface area contributed by atoms with E-state index in [9.17, 15) is 4.39 Å². The van der Waals surface area contributed by atoms with Crippen LogP contribution in [0.3, 0.4) is 0 Å². The summed E-state index contributed by atoms with van der Waals surface area (Å²) in [6, 6.07) is 9.82. The highest BCUT2D eigenvalue weighted by atomic mass is 79.9. The molecule has 1 unspecified atom stereocenters. The highest BCUT2D eigenvalue weighted by molar-refractivity contribution is 9.10. The van der Waals surface area contributed by atoms with Crippen LogP contribution < -0.4 is 4.74 Å². The molecule has 0 amide bonds. The van der Waals surface area contributed by atoms with Crippen LogP contribution in [-0.2, 0) is 6.42 Å². The van der Waals surface area contributed by atoms with E-state index in [-0.39, 0.29) is 11.2 Å². The third-order valence-corrected chi connectivity index (χ3v) is 4.10. The monoisotopic (exact) mass is 376 g/mol. The Hall–Kier alpha value is -0.770. The quantitative estimate of drug-likeness (QED) is 0.614. The van der Waals surface area contributed by atoms with Crippen LogP contribution >= 0.6 is 39.1 Å². The smallest absolute Gasteiger partial charge is 0.137 e. The fourth-order valence-electron chi connectivity index (χ4n) is 1.97. The molecular weight excluding hydrogens is 366 g/mol. The first-order chi connectivity index (χ1) is 9.51. The summed E-state index contributed by atoms with van der Waals surface area (Å²) in [5.74, 6) is 0.402. The molecule has 2 aromatic rings. The molecule has 0 aliphatic rings. The van der Waals surface area contributed by atoms with Gasteiger partial charge in [-0.15, -0.1) is 11.6 Å². The van der Waals surface area contributed by atoms with Gasteiger partial charge < -0.3 is 4.74 Å². The van der Waals surface area contributed by atoms with Crippen molar-refractivity contribution in [1.29, 1.82) is 0 Å². The minimum absolute atomic E-state index is 0.261. The molecule has 5 heteroatoms. The van der Waals surface area contributed by atoms with Gasteiger partial charge in [-0.25, -0.2) is 4.39 Å². The van der Waals surface area contributed by atoms with Crippen LogP contribution in [-0.4, -0.2) is 7.11 Å². The van der Waals surface area contributed by atoms with Crippen molar-refractivity contribution in [2.24, 2.45) is 0 Å². The lowest BCUT2D eigenvalue weighted by atomic mass is 10.0. The van der Waals surface area contributed by atoms with Gasteiger partial charge >= 0.3 is 0 Å². The number of alkyl halides is 1. The Labute approximate surface area is 135 Å². The van der Waals surface area contributed by atoms with Gasteiger partial charge in [-0.2, -0.15) is 0 Å². The molecule has 1 nitrogen and oxygen atoms in total.